The van der Waals surface area contributed by atoms with E-state index >= 15 is 0 Å². The van der Waals surface area contributed by atoms with Crippen molar-refractivity contribution in [3.63, 3.8) is 0 Å². The summed E-state index contributed by atoms with van der Waals surface area (Å²) in [5.41, 5.74) is 6.13. The first-order valence-corrected chi connectivity index (χ1v) is 8.73. The first kappa shape index (κ1) is 18.3. The Morgan fingerprint density at radius 1 is 1.25 bits per heavy atom. The second-order valence-corrected chi connectivity index (χ2v) is 6.48. The van der Waals surface area contributed by atoms with Gasteiger partial charge in [0.2, 0.25) is 0 Å². The van der Waals surface area contributed by atoms with E-state index in [1.807, 2.05) is 24.3 Å². The number of thiocarbonyl (C=S) groups is 1. The van der Waals surface area contributed by atoms with Gasteiger partial charge in [-0.1, -0.05) is 31.9 Å². The highest BCUT2D eigenvalue weighted by atomic mass is 32.1. The smallest absolute Gasteiger partial charge is 0.257 e. The third-order valence-corrected chi connectivity index (χ3v) is 4.51. The number of para-hydroxylation sites is 2. The number of benzene rings is 1. The maximum atomic E-state index is 11.9. The Bertz CT molecular complexity index is 567. The molecule has 1 aliphatic carbocycles. The highest BCUT2D eigenvalue weighted by Crippen LogP contribution is 2.23. The second-order valence-electron chi connectivity index (χ2n) is 6.07. The van der Waals surface area contributed by atoms with E-state index in [2.05, 4.69) is 28.4 Å². The standard InChI is InChI=1S/C17H26N4O2S/c1-12-7-3-4-8-13(12)19-17(24)21-20-16(22)11-18-14-9-5-6-10-15(14)23-2/h5-6,9-10,12-13,18H,3-4,7-8,11H2,1-2H3,(H,20,22)(H2,19,21,24)/t12-,13-/m0/s1. The van der Waals surface area contributed by atoms with Gasteiger partial charge in [0.15, 0.2) is 5.11 Å². The van der Waals surface area contributed by atoms with Crippen LogP contribution in [0.1, 0.15) is 32.6 Å². The van der Waals surface area contributed by atoms with Crippen molar-refractivity contribution >= 4 is 28.9 Å². The van der Waals surface area contributed by atoms with Crippen LogP contribution in [0.25, 0.3) is 0 Å². The number of carbonyl (C=O) groups excluding carboxylic acids is 1. The lowest BCUT2D eigenvalue weighted by Crippen LogP contribution is -2.52. The van der Waals surface area contributed by atoms with Crippen molar-refractivity contribution in [2.45, 2.75) is 38.6 Å². The summed E-state index contributed by atoms with van der Waals surface area (Å²) in [5.74, 6) is 1.09. The zero-order valence-corrected chi connectivity index (χ0v) is 15.0. The van der Waals surface area contributed by atoms with Crippen molar-refractivity contribution in [3.8, 4) is 5.75 Å². The van der Waals surface area contributed by atoms with Crippen molar-refractivity contribution in [2.24, 2.45) is 5.92 Å². The quantitative estimate of drug-likeness (QED) is 0.482. The molecule has 1 aromatic rings. The zero-order chi connectivity index (χ0) is 17.4. The van der Waals surface area contributed by atoms with Gasteiger partial charge in [0.05, 0.1) is 19.3 Å². The SMILES string of the molecule is COc1ccccc1NCC(=O)NNC(=S)N[C@H]1CCCC[C@@H]1C. The molecule has 1 fully saturated rings. The Kier molecular flexibility index (Phi) is 7.11. The highest BCUT2D eigenvalue weighted by Gasteiger charge is 2.21. The minimum Gasteiger partial charge on any atom is -0.495 e. The Labute approximate surface area is 148 Å². The van der Waals surface area contributed by atoms with E-state index in [0.717, 1.165) is 12.1 Å². The summed E-state index contributed by atoms with van der Waals surface area (Å²) in [7, 11) is 1.60. The minimum absolute atomic E-state index is 0.121. The minimum atomic E-state index is -0.207. The number of amides is 1. The van der Waals surface area contributed by atoms with Gasteiger partial charge in [0, 0.05) is 6.04 Å². The van der Waals surface area contributed by atoms with Crippen LogP contribution in [0.3, 0.4) is 0 Å². The summed E-state index contributed by atoms with van der Waals surface area (Å²) in [6, 6.07) is 7.83. The van der Waals surface area contributed by atoms with Crippen LogP contribution in [0.4, 0.5) is 5.69 Å². The number of hydrogen-bond donors (Lipinski definition) is 4. The summed E-state index contributed by atoms with van der Waals surface area (Å²) < 4.78 is 5.23. The maximum absolute atomic E-state index is 11.9. The number of methoxy groups -OCH3 is 1. The molecule has 24 heavy (non-hydrogen) atoms. The molecule has 132 valence electrons. The molecule has 0 aliphatic heterocycles. The van der Waals surface area contributed by atoms with Crippen molar-refractivity contribution in [1.29, 1.82) is 0 Å². The monoisotopic (exact) mass is 350 g/mol. The van der Waals surface area contributed by atoms with Gasteiger partial charge in [0.1, 0.15) is 5.75 Å². The molecule has 2 atom stereocenters. The van der Waals surface area contributed by atoms with Crippen LogP contribution in [0, 0.1) is 5.92 Å². The molecule has 0 unspecified atom stereocenters. The molecule has 0 radical (unpaired) electrons. The molecule has 0 heterocycles. The fraction of sp³-hybridized carbons (Fsp3) is 0.529. The first-order valence-electron chi connectivity index (χ1n) is 8.32. The van der Waals surface area contributed by atoms with Crippen LogP contribution >= 0.6 is 12.2 Å². The number of hydrogen-bond acceptors (Lipinski definition) is 4. The lowest BCUT2D eigenvalue weighted by Gasteiger charge is -2.30. The van der Waals surface area contributed by atoms with E-state index in [4.69, 9.17) is 17.0 Å². The molecule has 7 heteroatoms. The second kappa shape index (κ2) is 9.32. The normalized spacial score (nSPS) is 19.9. The van der Waals surface area contributed by atoms with E-state index in [1.54, 1.807) is 7.11 Å². The van der Waals surface area contributed by atoms with E-state index in [9.17, 15) is 4.79 Å². The summed E-state index contributed by atoms with van der Waals surface area (Å²) in [5, 5.41) is 6.77. The lowest BCUT2D eigenvalue weighted by molar-refractivity contribution is -0.119. The van der Waals surface area contributed by atoms with Crippen LogP contribution in [0.15, 0.2) is 24.3 Å². The number of rotatable bonds is 5. The van der Waals surface area contributed by atoms with Crippen LogP contribution < -0.4 is 26.2 Å². The summed E-state index contributed by atoms with van der Waals surface area (Å²) in [6.45, 7) is 2.35. The Morgan fingerprint density at radius 2 is 2.00 bits per heavy atom. The lowest BCUT2D eigenvalue weighted by atomic mass is 9.86. The molecule has 1 aliphatic rings. The van der Waals surface area contributed by atoms with E-state index < -0.39 is 0 Å². The van der Waals surface area contributed by atoms with Crippen molar-refractivity contribution in [3.05, 3.63) is 24.3 Å². The fourth-order valence-corrected chi connectivity index (χ4v) is 3.07. The van der Waals surface area contributed by atoms with E-state index in [0.29, 0.717) is 22.8 Å². The summed E-state index contributed by atoms with van der Waals surface area (Å²) in [4.78, 5) is 11.9. The summed E-state index contributed by atoms with van der Waals surface area (Å²) >= 11 is 5.25. The number of anilines is 1. The molecule has 0 spiro atoms. The zero-order valence-electron chi connectivity index (χ0n) is 14.2. The number of carbonyl (C=O) groups is 1. The van der Waals surface area contributed by atoms with Crippen molar-refractivity contribution in [1.82, 2.24) is 16.2 Å². The third kappa shape index (κ3) is 5.56. The fourth-order valence-electron chi connectivity index (χ4n) is 2.87. The molecule has 2 rings (SSSR count). The van der Waals surface area contributed by atoms with Crippen LogP contribution in [0.5, 0.6) is 5.75 Å². The molecular weight excluding hydrogens is 324 g/mol. The molecule has 6 nitrogen and oxygen atoms in total. The van der Waals surface area contributed by atoms with Gasteiger partial charge in [-0.05, 0) is 43.1 Å². The van der Waals surface area contributed by atoms with Crippen molar-refractivity contribution in [2.75, 3.05) is 19.0 Å². The van der Waals surface area contributed by atoms with Gasteiger partial charge < -0.3 is 15.4 Å². The molecule has 0 saturated heterocycles. The molecule has 4 N–H and O–H groups in total. The molecule has 0 aromatic heterocycles. The van der Waals surface area contributed by atoms with Crippen molar-refractivity contribution < 1.29 is 9.53 Å². The molecular formula is C17H26N4O2S. The molecule has 0 bridgehead atoms. The number of hydrazine groups is 1. The number of nitrogens with one attached hydrogen (secondary N) is 4. The average molecular weight is 350 g/mol. The predicted octanol–water partition coefficient (Wildman–Crippen LogP) is 2.18. The topological polar surface area (TPSA) is 74.4 Å². The van der Waals surface area contributed by atoms with Gasteiger partial charge in [-0.3, -0.25) is 15.6 Å². The van der Waals surface area contributed by atoms with Gasteiger partial charge >= 0.3 is 0 Å². The van der Waals surface area contributed by atoms with E-state index in [-0.39, 0.29) is 12.5 Å². The van der Waals surface area contributed by atoms with Crippen LogP contribution in [-0.2, 0) is 4.79 Å². The Morgan fingerprint density at radius 3 is 2.75 bits per heavy atom. The Hall–Kier alpha value is -2.02. The molecule has 1 amide bonds. The van der Waals surface area contributed by atoms with Crippen LogP contribution in [0.2, 0.25) is 0 Å². The predicted molar refractivity (Wildman–Crippen MR) is 99.9 cm³/mol. The average Bonchev–Trinajstić information content (AvgIpc) is 2.60. The van der Waals surface area contributed by atoms with Crippen LogP contribution in [-0.4, -0.2) is 30.7 Å². The summed E-state index contributed by atoms with van der Waals surface area (Å²) in [6.07, 6.45) is 4.84. The Balaban J connectivity index is 1.69. The number of ether oxygens (including phenoxy) is 1. The van der Waals surface area contributed by atoms with Gasteiger partial charge in [-0.2, -0.15) is 0 Å². The third-order valence-electron chi connectivity index (χ3n) is 4.29. The largest absolute Gasteiger partial charge is 0.495 e. The maximum Gasteiger partial charge on any atom is 0.257 e. The van der Waals surface area contributed by atoms with Gasteiger partial charge in [-0.15, -0.1) is 0 Å². The molecule has 1 aromatic carbocycles. The van der Waals surface area contributed by atoms with E-state index in [1.165, 1.54) is 19.3 Å². The van der Waals surface area contributed by atoms with Gasteiger partial charge in [0.25, 0.3) is 5.91 Å². The van der Waals surface area contributed by atoms with Gasteiger partial charge in [-0.25, -0.2) is 0 Å². The molecule has 1 saturated carbocycles. The first-order chi connectivity index (χ1) is 11.6. The highest BCUT2D eigenvalue weighted by molar-refractivity contribution is 7.80.